The number of pyridine rings is 1. The summed E-state index contributed by atoms with van der Waals surface area (Å²) in [4.78, 5) is 4.28. The van der Waals surface area contributed by atoms with Crippen molar-refractivity contribution >= 4 is 11.6 Å². The fourth-order valence-corrected chi connectivity index (χ4v) is 1.76. The highest BCUT2D eigenvalue weighted by Crippen LogP contribution is 2.29. The predicted molar refractivity (Wildman–Crippen MR) is 58.4 cm³/mol. The molecule has 1 aromatic rings. The van der Waals surface area contributed by atoms with E-state index in [0.29, 0.717) is 0 Å². The Morgan fingerprint density at radius 2 is 2.43 bits per heavy atom. The first-order valence-electron chi connectivity index (χ1n) is 5.11. The molecule has 0 amide bonds. The number of halogens is 1. The zero-order valence-corrected chi connectivity index (χ0v) is 9.09. The van der Waals surface area contributed by atoms with Crippen LogP contribution in [0.2, 0.25) is 5.02 Å². The molecule has 1 aromatic heterocycles. The third-order valence-corrected chi connectivity index (χ3v) is 2.93. The molecule has 14 heavy (non-hydrogen) atoms. The number of hydrogen-bond donors (Lipinski definition) is 1. The standard InChI is InChI=1S/C11H15ClN2/c1-8(14-7-9-4-5-9)11-10(12)3-2-6-13-11/h2-3,6,8-9,14H,4-5,7H2,1H3/t8-/m0/s1. The zero-order valence-electron chi connectivity index (χ0n) is 8.33. The molecule has 1 fully saturated rings. The first-order valence-corrected chi connectivity index (χ1v) is 5.49. The van der Waals surface area contributed by atoms with Gasteiger partial charge in [0.15, 0.2) is 0 Å². The fraction of sp³-hybridized carbons (Fsp3) is 0.545. The lowest BCUT2D eigenvalue weighted by Gasteiger charge is -2.13. The third-order valence-electron chi connectivity index (χ3n) is 2.61. The van der Waals surface area contributed by atoms with Gasteiger partial charge in [-0.25, -0.2) is 0 Å². The first kappa shape index (κ1) is 9.94. The average molecular weight is 211 g/mol. The van der Waals surface area contributed by atoms with Gasteiger partial charge in [-0.05, 0) is 44.4 Å². The number of hydrogen-bond acceptors (Lipinski definition) is 2. The zero-order chi connectivity index (χ0) is 9.97. The molecule has 1 heterocycles. The lowest BCUT2D eigenvalue weighted by molar-refractivity contribution is 0.538. The van der Waals surface area contributed by atoms with E-state index in [9.17, 15) is 0 Å². The SMILES string of the molecule is C[C@H](NCC1CC1)c1ncccc1Cl. The molecule has 1 saturated carbocycles. The van der Waals surface area contributed by atoms with Crippen molar-refractivity contribution in [3.8, 4) is 0 Å². The van der Waals surface area contributed by atoms with Crippen LogP contribution in [-0.4, -0.2) is 11.5 Å². The van der Waals surface area contributed by atoms with E-state index in [1.807, 2.05) is 12.1 Å². The molecule has 0 spiro atoms. The maximum absolute atomic E-state index is 6.05. The fourth-order valence-electron chi connectivity index (χ4n) is 1.48. The van der Waals surface area contributed by atoms with Gasteiger partial charge in [0.05, 0.1) is 10.7 Å². The van der Waals surface area contributed by atoms with E-state index in [1.54, 1.807) is 6.20 Å². The van der Waals surface area contributed by atoms with Crippen LogP contribution >= 0.6 is 11.6 Å². The molecule has 0 aromatic carbocycles. The summed E-state index contributed by atoms with van der Waals surface area (Å²) in [5.74, 6) is 0.889. The van der Waals surface area contributed by atoms with E-state index in [4.69, 9.17) is 11.6 Å². The highest BCUT2D eigenvalue weighted by molar-refractivity contribution is 6.31. The van der Waals surface area contributed by atoms with Gasteiger partial charge in [0, 0.05) is 12.2 Å². The Labute approximate surface area is 89.7 Å². The molecule has 1 N–H and O–H groups in total. The molecule has 1 atom stereocenters. The highest BCUT2D eigenvalue weighted by Gasteiger charge is 2.22. The van der Waals surface area contributed by atoms with Gasteiger partial charge in [0.1, 0.15) is 0 Å². The van der Waals surface area contributed by atoms with Crippen LogP contribution in [0.4, 0.5) is 0 Å². The monoisotopic (exact) mass is 210 g/mol. The molecule has 2 nitrogen and oxygen atoms in total. The second-order valence-corrected chi connectivity index (χ2v) is 4.35. The van der Waals surface area contributed by atoms with Crippen LogP contribution in [0.3, 0.4) is 0 Å². The van der Waals surface area contributed by atoms with Crippen molar-refractivity contribution in [2.75, 3.05) is 6.54 Å². The Bertz CT molecular complexity index is 310. The molecule has 2 rings (SSSR count). The predicted octanol–water partition coefficient (Wildman–Crippen LogP) is 2.80. The number of nitrogens with one attached hydrogen (secondary N) is 1. The number of rotatable bonds is 4. The van der Waals surface area contributed by atoms with Crippen LogP contribution in [0, 0.1) is 5.92 Å². The van der Waals surface area contributed by atoms with Crippen molar-refractivity contribution in [3.63, 3.8) is 0 Å². The third kappa shape index (κ3) is 2.46. The van der Waals surface area contributed by atoms with E-state index in [2.05, 4.69) is 17.2 Å². The van der Waals surface area contributed by atoms with E-state index in [1.165, 1.54) is 12.8 Å². The van der Waals surface area contributed by atoms with Crippen LogP contribution in [0.1, 0.15) is 31.5 Å². The van der Waals surface area contributed by atoms with Gasteiger partial charge in [-0.15, -0.1) is 0 Å². The molecule has 0 saturated heterocycles. The van der Waals surface area contributed by atoms with E-state index in [0.717, 1.165) is 23.2 Å². The Morgan fingerprint density at radius 3 is 3.07 bits per heavy atom. The van der Waals surface area contributed by atoms with Crippen molar-refractivity contribution in [1.82, 2.24) is 10.3 Å². The van der Waals surface area contributed by atoms with Crippen LogP contribution in [0.25, 0.3) is 0 Å². The minimum absolute atomic E-state index is 0.254. The maximum Gasteiger partial charge on any atom is 0.0756 e. The molecular weight excluding hydrogens is 196 g/mol. The summed E-state index contributed by atoms with van der Waals surface area (Å²) < 4.78 is 0. The lowest BCUT2D eigenvalue weighted by Crippen LogP contribution is -2.22. The molecule has 1 aliphatic rings. The molecule has 76 valence electrons. The average Bonchev–Trinajstić information content (AvgIpc) is 2.98. The van der Waals surface area contributed by atoms with E-state index >= 15 is 0 Å². The van der Waals surface area contributed by atoms with Crippen LogP contribution in [-0.2, 0) is 0 Å². The molecule has 0 radical (unpaired) electrons. The maximum atomic E-state index is 6.05. The van der Waals surface area contributed by atoms with Crippen LogP contribution < -0.4 is 5.32 Å². The summed E-state index contributed by atoms with van der Waals surface area (Å²) >= 11 is 6.05. The van der Waals surface area contributed by atoms with Gasteiger partial charge in [0.25, 0.3) is 0 Å². The highest BCUT2D eigenvalue weighted by atomic mass is 35.5. The summed E-state index contributed by atoms with van der Waals surface area (Å²) in [5, 5.41) is 4.21. The van der Waals surface area contributed by atoms with Gasteiger partial charge in [0.2, 0.25) is 0 Å². The van der Waals surface area contributed by atoms with Crippen molar-refractivity contribution in [3.05, 3.63) is 29.0 Å². The second-order valence-electron chi connectivity index (χ2n) is 3.94. The van der Waals surface area contributed by atoms with Gasteiger partial charge in [-0.1, -0.05) is 11.6 Å². The van der Waals surface area contributed by atoms with Crippen LogP contribution in [0.15, 0.2) is 18.3 Å². The number of nitrogens with zero attached hydrogens (tertiary/aromatic N) is 1. The molecule has 0 unspecified atom stereocenters. The molecule has 0 bridgehead atoms. The minimum Gasteiger partial charge on any atom is -0.309 e. The summed E-state index contributed by atoms with van der Waals surface area (Å²) in [6.07, 6.45) is 4.53. The molecule has 0 aliphatic heterocycles. The van der Waals surface area contributed by atoms with Crippen molar-refractivity contribution in [2.24, 2.45) is 5.92 Å². The summed E-state index contributed by atoms with van der Waals surface area (Å²) in [7, 11) is 0. The molecule has 3 heteroatoms. The van der Waals surface area contributed by atoms with Crippen molar-refractivity contribution in [1.29, 1.82) is 0 Å². The summed E-state index contributed by atoms with van der Waals surface area (Å²) in [6, 6.07) is 4.00. The quantitative estimate of drug-likeness (QED) is 0.827. The second kappa shape index (κ2) is 4.28. The number of aromatic nitrogens is 1. The Morgan fingerprint density at radius 1 is 1.64 bits per heavy atom. The minimum atomic E-state index is 0.254. The van der Waals surface area contributed by atoms with E-state index in [-0.39, 0.29) is 6.04 Å². The Kier molecular flexibility index (Phi) is 3.04. The van der Waals surface area contributed by atoms with Gasteiger partial charge >= 0.3 is 0 Å². The normalized spacial score (nSPS) is 18.1. The van der Waals surface area contributed by atoms with Gasteiger partial charge < -0.3 is 5.32 Å². The lowest BCUT2D eigenvalue weighted by atomic mass is 10.2. The largest absolute Gasteiger partial charge is 0.309 e. The summed E-state index contributed by atoms with van der Waals surface area (Å²) in [5.41, 5.74) is 0.954. The molecular formula is C11H15ClN2. The molecule has 1 aliphatic carbocycles. The van der Waals surface area contributed by atoms with Gasteiger partial charge in [-0.2, -0.15) is 0 Å². The first-order chi connectivity index (χ1) is 6.77. The topological polar surface area (TPSA) is 24.9 Å². The Balaban J connectivity index is 1.95. The van der Waals surface area contributed by atoms with Crippen LogP contribution in [0.5, 0.6) is 0 Å². The van der Waals surface area contributed by atoms with Crippen molar-refractivity contribution in [2.45, 2.75) is 25.8 Å². The Hall–Kier alpha value is -0.600. The van der Waals surface area contributed by atoms with Gasteiger partial charge in [-0.3, -0.25) is 4.98 Å². The van der Waals surface area contributed by atoms with Crippen molar-refractivity contribution < 1.29 is 0 Å². The summed E-state index contributed by atoms with van der Waals surface area (Å²) in [6.45, 7) is 3.20. The van der Waals surface area contributed by atoms with E-state index < -0.39 is 0 Å². The smallest absolute Gasteiger partial charge is 0.0756 e.